The summed E-state index contributed by atoms with van der Waals surface area (Å²) in [6.07, 6.45) is 4.32. The van der Waals surface area contributed by atoms with E-state index in [4.69, 9.17) is 4.74 Å². The summed E-state index contributed by atoms with van der Waals surface area (Å²) >= 11 is 0. The highest BCUT2D eigenvalue weighted by molar-refractivity contribution is 5.81. The number of rotatable bonds is 5. The number of ether oxygens (including phenoxy) is 1. The average Bonchev–Trinajstić information content (AvgIpc) is 2.51. The van der Waals surface area contributed by atoms with Crippen molar-refractivity contribution in [2.24, 2.45) is 5.41 Å². The molecule has 23 heavy (non-hydrogen) atoms. The molecular weight excluding hydrogens is 290 g/mol. The van der Waals surface area contributed by atoms with Gasteiger partial charge in [-0.15, -0.1) is 0 Å². The van der Waals surface area contributed by atoms with E-state index < -0.39 is 5.41 Å². The van der Waals surface area contributed by atoms with Crippen LogP contribution in [0.2, 0.25) is 0 Å². The first kappa shape index (κ1) is 16.9. The Morgan fingerprint density at radius 2 is 1.96 bits per heavy atom. The molecule has 1 aromatic heterocycles. The number of allylic oxidation sites excluding steroid dienone is 1. The van der Waals surface area contributed by atoms with E-state index in [0.29, 0.717) is 5.69 Å². The monoisotopic (exact) mass is 311 g/mol. The van der Waals surface area contributed by atoms with E-state index in [1.165, 1.54) is 6.92 Å². The van der Waals surface area contributed by atoms with Gasteiger partial charge in [-0.2, -0.15) is 0 Å². The van der Waals surface area contributed by atoms with Crippen LogP contribution in [0.5, 0.6) is 0 Å². The second kappa shape index (κ2) is 6.73. The number of hydrogen-bond acceptors (Lipinski definition) is 4. The molecule has 4 nitrogen and oxygen atoms in total. The lowest BCUT2D eigenvalue weighted by Gasteiger charge is -2.12. The van der Waals surface area contributed by atoms with Gasteiger partial charge in [0.15, 0.2) is 0 Å². The zero-order chi connectivity index (χ0) is 17.0. The smallest absolute Gasteiger partial charge is 0.303 e. The van der Waals surface area contributed by atoms with Crippen molar-refractivity contribution in [3.8, 4) is 0 Å². The predicted molar refractivity (Wildman–Crippen MR) is 90.8 cm³/mol. The lowest BCUT2D eigenvalue weighted by Crippen LogP contribution is -2.07. The van der Waals surface area contributed by atoms with Crippen molar-refractivity contribution in [1.82, 2.24) is 4.98 Å². The molecule has 0 spiro atoms. The number of carbonyl (C=O) groups excluding carboxylic acids is 2. The molecule has 0 fully saturated rings. The van der Waals surface area contributed by atoms with Crippen LogP contribution in [0, 0.1) is 5.41 Å². The molecule has 0 bridgehead atoms. The van der Waals surface area contributed by atoms with Crippen LogP contribution in [0.15, 0.2) is 36.4 Å². The molecule has 0 radical (unpaired) electrons. The highest BCUT2D eigenvalue weighted by Crippen LogP contribution is 2.22. The van der Waals surface area contributed by atoms with Crippen molar-refractivity contribution in [2.75, 3.05) is 0 Å². The van der Waals surface area contributed by atoms with Crippen molar-refractivity contribution in [3.63, 3.8) is 0 Å². The van der Waals surface area contributed by atoms with Crippen molar-refractivity contribution < 1.29 is 14.3 Å². The van der Waals surface area contributed by atoms with E-state index in [-0.39, 0.29) is 12.1 Å². The standard InChI is InChI=1S/C19H21NO3/c1-13(23-14(2)22)17-8-7-16-6-5-15(11-18(16)20-17)9-10-19(3,4)12-21/h5-13H,1-4H3. The molecule has 0 aliphatic heterocycles. The van der Waals surface area contributed by atoms with E-state index in [9.17, 15) is 9.59 Å². The quantitative estimate of drug-likeness (QED) is 0.616. The van der Waals surface area contributed by atoms with Gasteiger partial charge in [0, 0.05) is 17.7 Å². The minimum absolute atomic E-state index is 0.327. The molecule has 1 heterocycles. The molecule has 0 saturated heterocycles. The van der Waals surface area contributed by atoms with Gasteiger partial charge in [0.05, 0.1) is 11.2 Å². The molecule has 0 N–H and O–H groups in total. The normalized spacial score (nSPS) is 13.2. The molecule has 120 valence electrons. The highest BCUT2D eigenvalue weighted by atomic mass is 16.5. The maximum atomic E-state index is 11.1. The first-order chi connectivity index (χ1) is 10.8. The summed E-state index contributed by atoms with van der Waals surface area (Å²) in [5.74, 6) is -0.327. The maximum Gasteiger partial charge on any atom is 0.303 e. The molecular formula is C19H21NO3. The summed E-state index contributed by atoms with van der Waals surface area (Å²) in [6.45, 7) is 6.89. The van der Waals surface area contributed by atoms with Crippen LogP contribution in [-0.4, -0.2) is 17.2 Å². The molecule has 1 aromatic carbocycles. The number of aldehydes is 1. The zero-order valence-corrected chi connectivity index (χ0v) is 13.9. The van der Waals surface area contributed by atoms with E-state index in [2.05, 4.69) is 4.98 Å². The van der Waals surface area contributed by atoms with Gasteiger partial charge < -0.3 is 9.53 Å². The van der Waals surface area contributed by atoms with Crippen molar-refractivity contribution >= 4 is 29.2 Å². The molecule has 0 amide bonds. The molecule has 0 aliphatic rings. The topological polar surface area (TPSA) is 56.3 Å². The number of benzene rings is 1. The Hall–Kier alpha value is -2.49. The third-order valence-corrected chi connectivity index (χ3v) is 3.51. The second-order valence-corrected chi connectivity index (χ2v) is 6.21. The first-order valence-electron chi connectivity index (χ1n) is 7.54. The van der Waals surface area contributed by atoms with Crippen LogP contribution in [-0.2, 0) is 14.3 Å². The van der Waals surface area contributed by atoms with E-state index in [1.807, 2.05) is 56.3 Å². The van der Waals surface area contributed by atoms with Gasteiger partial charge in [0.25, 0.3) is 0 Å². The molecule has 2 aromatic rings. The number of carbonyl (C=O) groups is 2. The van der Waals surface area contributed by atoms with Crippen molar-refractivity contribution in [2.45, 2.75) is 33.8 Å². The maximum absolute atomic E-state index is 11.1. The number of nitrogens with zero attached hydrogens (tertiary/aromatic N) is 1. The molecule has 0 saturated carbocycles. The lowest BCUT2D eigenvalue weighted by molar-refractivity contribution is -0.146. The summed E-state index contributed by atoms with van der Waals surface area (Å²) in [6, 6.07) is 9.74. The minimum atomic E-state index is -0.492. The predicted octanol–water partition coefficient (Wildman–Crippen LogP) is 4.10. The largest absolute Gasteiger partial charge is 0.456 e. The lowest BCUT2D eigenvalue weighted by atomic mass is 9.94. The molecule has 0 aliphatic carbocycles. The SMILES string of the molecule is CC(=O)OC(C)c1ccc2ccc(C=CC(C)(C)C=O)cc2n1. The third kappa shape index (κ3) is 4.49. The number of pyridine rings is 1. The second-order valence-electron chi connectivity index (χ2n) is 6.21. The Morgan fingerprint density at radius 1 is 1.26 bits per heavy atom. The number of fused-ring (bicyclic) bond motifs is 1. The number of esters is 1. The van der Waals surface area contributed by atoms with Crippen LogP contribution in [0.4, 0.5) is 0 Å². The van der Waals surface area contributed by atoms with E-state index in [1.54, 1.807) is 6.92 Å². The van der Waals surface area contributed by atoms with Gasteiger partial charge >= 0.3 is 5.97 Å². The number of aromatic nitrogens is 1. The van der Waals surface area contributed by atoms with Gasteiger partial charge in [-0.05, 0) is 38.5 Å². The fourth-order valence-corrected chi connectivity index (χ4v) is 2.14. The van der Waals surface area contributed by atoms with Gasteiger partial charge in [-0.25, -0.2) is 4.98 Å². The van der Waals surface area contributed by atoms with Gasteiger partial charge in [-0.1, -0.05) is 30.4 Å². The van der Waals surface area contributed by atoms with Gasteiger partial charge in [0.2, 0.25) is 0 Å². The fraction of sp³-hybridized carbons (Fsp3) is 0.316. The van der Waals surface area contributed by atoms with Crippen LogP contribution in [0.3, 0.4) is 0 Å². The van der Waals surface area contributed by atoms with E-state index >= 15 is 0 Å². The summed E-state index contributed by atoms with van der Waals surface area (Å²) in [7, 11) is 0. The van der Waals surface area contributed by atoms with Crippen molar-refractivity contribution in [3.05, 3.63) is 47.7 Å². The van der Waals surface area contributed by atoms with Gasteiger partial charge in [-0.3, -0.25) is 4.79 Å². The fourth-order valence-electron chi connectivity index (χ4n) is 2.14. The van der Waals surface area contributed by atoms with Crippen LogP contribution in [0.25, 0.3) is 17.0 Å². The first-order valence-corrected chi connectivity index (χ1v) is 7.54. The Morgan fingerprint density at radius 3 is 2.61 bits per heavy atom. The van der Waals surface area contributed by atoms with Crippen LogP contribution >= 0.6 is 0 Å². The summed E-state index contributed by atoms with van der Waals surface area (Å²) < 4.78 is 5.17. The van der Waals surface area contributed by atoms with Gasteiger partial charge in [0.1, 0.15) is 12.4 Å². The summed E-state index contributed by atoms with van der Waals surface area (Å²) in [4.78, 5) is 26.6. The van der Waals surface area contributed by atoms with Crippen LogP contribution in [0.1, 0.15) is 45.1 Å². The van der Waals surface area contributed by atoms with E-state index in [0.717, 1.165) is 22.8 Å². The Balaban J connectivity index is 2.34. The average molecular weight is 311 g/mol. The highest BCUT2D eigenvalue weighted by Gasteiger charge is 2.12. The molecule has 1 unspecified atom stereocenters. The Bertz CT molecular complexity index is 762. The Labute approximate surface area is 136 Å². The zero-order valence-electron chi connectivity index (χ0n) is 13.9. The molecule has 4 heteroatoms. The van der Waals surface area contributed by atoms with Crippen LogP contribution < -0.4 is 0 Å². The van der Waals surface area contributed by atoms with Crippen molar-refractivity contribution in [1.29, 1.82) is 0 Å². The third-order valence-electron chi connectivity index (χ3n) is 3.51. The minimum Gasteiger partial charge on any atom is -0.456 e. The summed E-state index contributed by atoms with van der Waals surface area (Å²) in [5.41, 5.74) is 2.01. The number of hydrogen-bond donors (Lipinski definition) is 0. The molecule has 1 atom stereocenters. The Kier molecular flexibility index (Phi) is 4.94. The molecule has 2 rings (SSSR count). The summed E-state index contributed by atoms with van der Waals surface area (Å²) in [5, 5.41) is 1.01.